The van der Waals surface area contributed by atoms with Gasteiger partial charge in [0.05, 0.1) is 4.90 Å². The first-order valence-corrected chi connectivity index (χ1v) is 12.6. The van der Waals surface area contributed by atoms with Crippen LogP contribution in [0.1, 0.15) is 48.1 Å². The highest BCUT2D eigenvalue weighted by molar-refractivity contribution is 7.89. The predicted octanol–water partition coefficient (Wildman–Crippen LogP) is 3.61. The van der Waals surface area contributed by atoms with E-state index in [1.165, 1.54) is 6.07 Å². The number of benzene rings is 2. The van der Waals surface area contributed by atoms with E-state index < -0.39 is 16.1 Å². The number of aromatic nitrogens is 2. The predicted molar refractivity (Wildman–Crippen MR) is 127 cm³/mol. The number of nitrogens with zero attached hydrogens (tertiary/aromatic N) is 3. The Labute approximate surface area is 195 Å². The van der Waals surface area contributed by atoms with E-state index in [-0.39, 0.29) is 10.8 Å². The molecule has 1 N–H and O–H groups in total. The molecular formula is C25H30N4O3S. The maximum absolute atomic E-state index is 13.3. The minimum atomic E-state index is -3.68. The Morgan fingerprint density at radius 1 is 1.06 bits per heavy atom. The summed E-state index contributed by atoms with van der Waals surface area (Å²) in [6.07, 6.45) is 4.53. The zero-order chi connectivity index (χ0) is 23.6. The summed E-state index contributed by atoms with van der Waals surface area (Å²) in [7, 11) is -1.80. The van der Waals surface area contributed by atoms with E-state index in [0.29, 0.717) is 36.3 Å². The Balaban J connectivity index is 1.61. The molecule has 1 fully saturated rings. The standard InChI is InChI=1S/C25H30N4O3S/c1-18-14-19(2)17-29(16-18)33(31,32)22-11-7-10-21(15-22)25(30)27-23(20-8-5-4-6-9-20)24-26-12-13-28(24)3/h4-13,15,18-19,23H,14,16-17H2,1-3H3,(H,27,30). The summed E-state index contributed by atoms with van der Waals surface area (Å²) < 4.78 is 30.0. The number of imidazole rings is 1. The first kappa shape index (κ1) is 23.2. The number of piperidine rings is 1. The van der Waals surface area contributed by atoms with Crippen LogP contribution in [0.25, 0.3) is 0 Å². The van der Waals surface area contributed by atoms with Crippen molar-refractivity contribution in [2.45, 2.75) is 31.2 Å². The molecule has 3 unspecified atom stereocenters. The molecule has 8 heteroatoms. The van der Waals surface area contributed by atoms with Crippen molar-refractivity contribution < 1.29 is 13.2 Å². The van der Waals surface area contributed by atoms with Crippen LogP contribution in [0.3, 0.4) is 0 Å². The molecule has 0 saturated carbocycles. The summed E-state index contributed by atoms with van der Waals surface area (Å²) in [6, 6.07) is 15.4. The fraction of sp³-hybridized carbons (Fsp3) is 0.360. The summed E-state index contributed by atoms with van der Waals surface area (Å²) in [4.78, 5) is 17.8. The Morgan fingerprint density at radius 2 is 1.76 bits per heavy atom. The number of carbonyl (C=O) groups is 1. The molecule has 33 heavy (non-hydrogen) atoms. The van der Waals surface area contributed by atoms with Crippen LogP contribution in [0.15, 0.2) is 71.9 Å². The van der Waals surface area contributed by atoms with Crippen molar-refractivity contribution in [1.29, 1.82) is 0 Å². The van der Waals surface area contributed by atoms with Crippen LogP contribution in [0.4, 0.5) is 0 Å². The van der Waals surface area contributed by atoms with Gasteiger partial charge in [0.1, 0.15) is 11.9 Å². The minimum Gasteiger partial charge on any atom is -0.338 e. The molecule has 0 spiro atoms. The molecule has 7 nitrogen and oxygen atoms in total. The molecule has 2 aromatic carbocycles. The maximum atomic E-state index is 13.3. The third-order valence-corrected chi connectivity index (χ3v) is 7.92. The third-order valence-electron chi connectivity index (χ3n) is 6.09. The molecule has 174 valence electrons. The largest absolute Gasteiger partial charge is 0.338 e. The number of hydrogen-bond acceptors (Lipinski definition) is 4. The van der Waals surface area contributed by atoms with Crippen molar-refractivity contribution in [3.63, 3.8) is 0 Å². The highest BCUT2D eigenvalue weighted by atomic mass is 32.2. The Kier molecular flexibility index (Phi) is 6.67. The number of nitrogens with one attached hydrogen (secondary N) is 1. The topological polar surface area (TPSA) is 84.3 Å². The average molecular weight is 467 g/mol. The van der Waals surface area contributed by atoms with Crippen molar-refractivity contribution in [1.82, 2.24) is 19.2 Å². The molecule has 1 aliphatic rings. The minimum absolute atomic E-state index is 0.143. The molecular weight excluding hydrogens is 436 g/mol. The van der Waals surface area contributed by atoms with Gasteiger partial charge in [0.25, 0.3) is 5.91 Å². The zero-order valence-electron chi connectivity index (χ0n) is 19.2. The Bertz CT molecular complexity index is 1210. The molecule has 1 aliphatic heterocycles. The summed E-state index contributed by atoms with van der Waals surface area (Å²) in [6.45, 7) is 5.14. The van der Waals surface area contributed by atoms with Crippen LogP contribution in [0.2, 0.25) is 0 Å². The van der Waals surface area contributed by atoms with Crippen LogP contribution < -0.4 is 5.32 Å². The van der Waals surface area contributed by atoms with Crippen molar-refractivity contribution in [2.75, 3.05) is 13.1 Å². The summed E-state index contributed by atoms with van der Waals surface area (Å²) in [5.74, 6) is 0.942. The highest BCUT2D eigenvalue weighted by Crippen LogP contribution is 2.27. The van der Waals surface area contributed by atoms with Crippen LogP contribution in [0.5, 0.6) is 0 Å². The number of amides is 1. The fourth-order valence-electron chi connectivity index (χ4n) is 4.56. The molecule has 3 aromatic rings. The zero-order valence-corrected chi connectivity index (χ0v) is 20.0. The van der Waals surface area contributed by atoms with Gasteiger partial charge in [-0.15, -0.1) is 0 Å². The van der Waals surface area contributed by atoms with Gasteiger partial charge in [-0.2, -0.15) is 4.31 Å². The van der Waals surface area contributed by atoms with Gasteiger partial charge in [0.15, 0.2) is 0 Å². The number of carbonyl (C=O) groups excluding carboxylic acids is 1. The summed E-state index contributed by atoms with van der Waals surface area (Å²) in [5, 5.41) is 3.03. The summed E-state index contributed by atoms with van der Waals surface area (Å²) >= 11 is 0. The van der Waals surface area contributed by atoms with E-state index >= 15 is 0 Å². The molecule has 0 radical (unpaired) electrons. The van der Waals surface area contributed by atoms with E-state index in [1.807, 2.05) is 48.1 Å². The second kappa shape index (κ2) is 9.49. The SMILES string of the molecule is CC1CC(C)CN(S(=O)(=O)c2cccc(C(=O)NC(c3ccccc3)c3nccn3C)c2)C1. The molecule has 0 bridgehead atoms. The first-order valence-electron chi connectivity index (χ1n) is 11.2. The van der Waals surface area contributed by atoms with Gasteiger partial charge >= 0.3 is 0 Å². The lowest BCUT2D eigenvalue weighted by Gasteiger charge is -2.34. The van der Waals surface area contributed by atoms with Gasteiger partial charge < -0.3 is 9.88 Å². The lowest BCUT2D eigenvalue weighted by molar-refractivity contribution is 0.0941. The van der Waals surface area contributed by atoms with E-state index in [9.17, 15) is 13.2 Å². The summed E-state index contributed by atoms with van der Waals surface area (Å²) in [5.41, 5.74) is 1.18. The van der Waals surface area contributed by atoms with E-state index in [0.717, 1.165) is 12.0 Å². The van der Waals surface area contributed by atoms with Gasteiger partial charge in [0.2, 0.25) is 10.0 Å². The molecule has 0 aliphatic carbocycles. The lowest BCUT2D eigenvalue weighted by atomic mass is 9.94. The van der Waals surface area contributed by atoms with Gasteiger partial charge in [-0.3, -0.25) is 4.79 Å². The molecule has 1 amide bonds. The van der Waals surface area contributed by atoms with E-state index in [1.54, 1.807) is 28.7 Å². The van der Waals surface area contributed by atoms with Crippen LogP contribution >= 0.6 is 0 Å². The van der Waals surface area contributed by atoms with Gasteiger partial charge in [-0.25, -0.2) is 13.4 Å². The second-order valence-corrected chi connectivity index (χ2v) is 10.9. The van der Waals surface area contributed by atoms with Crippen LogP contribution in [-0.4, -0.2) is 41.3 Å². The normalized spacial score (nSPS) is 20.3. The second-order valence-electron chi connectivity index (χ2n) is 9.01. The molecule has 1 aromatic heterocycles. The Morgan fingerprint density at radius 3 is 2.39 bits per heavy atom. The lowest BCUT2D eigenvalue weighted by Crippen LogP contribution is -2.42. The van der Waals surface area contributed by atoms with Crippen molar-refractivity contribution >= 4 is 15.9 Å². The number of rotatable bonds is 6. The first-order chi connectivity index (χ1) is 15.8. The number of hydrogen-bond donors (Lipinski definition) is 1. The number of aryl methyl sites for hydroxylation is 1. The van der Waals surface area contributed by atoms with Crippen molar-refractivity contribution in [2.24, 2.45) is 18.9 Å². The fourth-order valence-corrected chi connectivity index (χ4v) is 6.29. The average Bonchev–Trinajstić information content (AvgIpc) is 3.23. The Hall–Kier alpha value is -2.97. The quantitative estimate of drug-likeness (QED) is 0.602. The number of sulfonamides is 1. The van der Waals surface area contributed by atoms with Crippen molar-refractivity contribution in [3.8, 4) is 0 Å². The van der Waals surface area contributed by atoms with Gasteiger partial charge in [-0.1, -0.05) is 50.2 Å². The third kappa shape index (κ3) is 5.02. The molecule has 3 atom stereocenters. The monoisotopic (exact) mass is 466 g/mol. The van der Waals surface area contributed by atoms with Crippen LogP contribution in [0, 0.1) is 11.8 Å². The maximum Gasteiger partial charge on any atom is 0.252 e. The smallest absolute Gasteiger partial charge is 0.252 e. The molecule has 4 rings (SSSR count). The van der Waals surface area contributed by atoms with Gasteiger partial charge in [-0.05, 0) is 42.0 Å². The van der Waals surface area contributed by atoms with E-state index in [4.69, 9.17) is 0 Å². The molecule has 2 heterocycles. The highest BCUT2D eigenvalue weighted by Gasteiger charge is 2.32. The van der Waals surface area contributed by atoms with Crippen LogP contribution in [-0.2, 0) is 17.1 Å². The van der Waals surface area contributed by atoms with E-state index in [2.05, 4.69) is 24.1 Å². The van der Waals surface area contributed by atoms with Gasteiger partial charge in [0, 0.05) is 38.1 Å². The molecule has 1 saturated heterocycles. The van der Waals surface area contributed by atoms with Crippen molar-refractivity contribution in [3.05, 3.63) is 83.9 Å².